The van der Waals surface area contributed by atoms with Gasteiger partial charge in [0.05, 0.1) is 12.6 Å². The third-order valence-electron chi connectivity index (χ3n) is 3.66. The van der Waals surface area contributed by atoms with Gasteiger partial charge in [0.1, 0.15) is 5.60 Å². The van der Waals surface area contributed by atoms with E-state index in [2.05, 4.69) is 25.7 Å². The molecule has 0 fully saturated rings. The van der Waals surface area contributed by atoms with Gasteiger partial charge in [0.2, 0.25) is 0 Å². The van der Waals surface area contributed by atoms with Crippen LogP contribution in [0, 0.1) is 0 Å². The number of alkyl carbamates (subject to hydrolysis) is 1. The minimum absolute atomic E-state index is 0.0440. The number of benzene rings is 1. The molecule has 1 aromatic rings. The number of guanidine groups is 1. The van der Waals surface area contributed by atoms with Crippen LogP contribution < -0.4 is 25.4 Å². The number of carbonyl (C=O) groups excluding carboxylic acids is 1. The molecule has 0 spiro atoms. The number of methoxy groups -OCH3 is 1. The summed E-state index contributed by atoms with van der Waals surface area (Å²) in [5, 5.41) is 8.99. The molecule has 8 nitrogen and oxygen atoms in total. The number of alkyl halides is 2. The van der Waals surface area contributed by atoms with Gasteiger partial charge >= 0.3 is 12.7 Å². The molecular weight excluding hydrogens is 398 g/mol. The number of halogens is 2. The Labute approximate surface area is 176 Å². The number of amides is 1. The zero-order chi connectivity index (χ0) is 22.9. The van der Waals surface area contributed by atoms with Crippen molar-refractivity contribution < 1.29 is 27.8 Å². The van der Waals surface area contributed by atoms with Gasteiger partial charge in [0.15, 0.2) is 17.5 Å². The maximum Gasteiger partial charge on any atom is 0.408 e. The number of carbonyl (C=O) groups is 1. The van der Waals surface area contributed by atoms with Crippen molar-refractivity contribution in [2.45, 2.75) is 58.9 Å². The lowest BCUT2D eigenvalue weighted by atomic mass is 10.1. The van der Waals surface area contributed by atoms with Crippen LogP contribution in [0.25, 0.3) is 0 Å². The van der Waals surface area contributed by atoms with Crippen LogP contribution in [0.5, 0.6) is 11.5 Å². The van der Waals surface area contributed by atoms with Crippen molar-refractivity contribution in [1.29, 1.82) is 0 Å². The fourth-order valence-corrected chi connectivity index (χ4v) is 2.35. The molecule has 0 bridgehead atoms. The van der Waals surface area contributed by atoms with Crippen LogP contribution in [0.1, 0.15) is 40.2 Å². The van der Waals surface area contributed by atoms with Crippen molar-refractivity contribution >= 4 is 12.1 Å². The summed E-state index contributed by atoms with van der Waals surface area (Å²) < 4.78 is 39.9. The van der Waals surface area contributed by atoms with Gasteiger partial charge in [-0.3, -0.25) is 4.99 Å². The van der Waals surface area contributed by atoms with Gasteiger partial charge in [-0.2, -0.15) is 8.78 Å². The van der Waals surface area contributed by atoms with Gasteiger partial charge in [0, 0.05) is 20.1 Å². The Morgan fingerprint density at radius 2 is 1.80 bits per heavy atom. The van der Waals surface area contributed by atoms with E-state index in [1.807, 2.05) is 13.8 Å². The molecular formula is C20H32F2N4O4. The first-order valence-corrected chi connectivity index (χ1v) is 9.42. The second-order valence-corrected chi connectivity index (χ2v) is 8.15. The highest BCUT2D eigenvalue weighted by atomic mass is 19.3. The van der Waals surface area contributed by atoms with Gasteiger partial charge in [-0.15, -0.1) is 0 Å². The molecule has 0 aliphatic carbocycles. The SMILES string of the molecule is CN=C(NCc1ccc(OC)c(OC(F)F)c1)NCC(C)(C)NC(=O)OC(C)(C)C. The zero-order valence-corrected chi connectivity index (χ0v) is 18.6. The predicted molar refractivity (Wildman–Crippen MR) is 111 cm³/mol. The molecule has 0 radical (unpaired) electrons. The van der Waals surface area contributed by atoms with Crippen molar-refractivity contribution in [2.75, 3.05) is 20.7 Å². The van der Waals surface area contributed by atoms with Crippen molar-refractivity contribution in [2.24, 2.45) is 4.99 Å². The summed E-state index contributed by atoms with van der Waals surface area (Å²) in [6.45, 7) is 6.79. The second-order valence-electron chi connectivity index (χ2n) is 8.15. The maximum absolute atomic E-state index is 12.6. The molecule has 1 aromatic carbocycles. The van der Waals surface area contributed by atoms with Crippen LogP contribution in [-0.2, 0) is 11.3 Å². The predicted octanol–water partition coefficient (Wildman–Crippen LogP) is 3.26. The Morgan fingerprint density at radius 3 is 2.33 bits per heavy atom. The molecule has 0 aromatic heterocycles. The smallest absolute Gasteiger partial charge is 0.408 e. The number of aliphatic imine (C=N–C) groups is 1. The highest BCUT2D eigenvalue weighted by molar-refractivity contribution is 5.79. The molecule has 30 heavy (non-hydrogen) atoms. The molecule has 0 saturated heterocycles. The molecule has 0 aliphatic heterocycles. The Kier molecular flexibility index (Phi) is 9.13. The summed E-state index contributed by atoms with van der Waals surface area (Å²) in [7, 11) is 2.98. The minimum Gasteiger partial charge on any atom is -0.493 e. The average molecular weight is 430 g/mol. The first-order chi connectivity index (χ1) is 13.8. The van der Waals surface area contributed by atoms with Crippen molar-refractivity contribution in [1.82, 2.24) is 16.0 Å². The zero-order valence-electron chi connectivity index (χ0n) is 18.6. The van der Waals surface area contributed by atoms with E-state index in [1.54, 1.807) is 40.0 Å². The molecule has 0 unspecified atom stereocenters. The van der Waals surface area contributed by atoms with Gasteiger partial charge in [-0.25, -0.2) is 4.79 Å². The van der Waals surface area contributed by atoms with Crippen LogP contribution in [0.2, 0.25) is 0 Å². The minimum atomic E-state index is -2.95. The maximum atomic E-state index is 12.6. The Morgan fingerprint density at radius 1 is 1.13 bits per heavy atom. The van der Waals surface area contributed by atoms with E-state index in [9.17, 15) is 13.6 Å². The molecule has 10 heteroatoms. The fourth-order valence-electron chi connectivity index (χ4n) is 2.35. The number of nitrogens with one attached hydrogen (secondary N) is 3. The van der Waals surface area contributed by atoms with Crippen molar-refractivity contribution in [3.05, 3.63) is 23.8 Å². The summed E-state index contributed by atoms with van der Waals surface area (Å²) in [5.41, 5.74) is -0.505. The number of nitrogens with zero attached hydrogens (tertiary/aromatic N) is 1. The molecule has 3 N–H and O–H groups in total. The van der Waals surface area contributed by atoms with Crippen LogP contribution in [0.15, 0.2) is 23.2 Å². The molecule has 1 amide bonds. The summed E-state index contributed by atoms with van der Waals surface area (Å²) in [6.07, 6.45) is -0.512. The van der Waals surface area contributed by atoms with E-state index < -0.39 is 23.8 Å². The average Bonchev–Trinajstić information content (AvgIpc) is 2.59. The molecule has 0 aliphatic rings. The fraction of sp³-hybridized carbons (Fsp3) is 0.600. The van der Waals surface area contributed by atoms with Crippen molar-refractivity contribution in [3.63, 3.8) is 0 Å². The second kappa shape index (κ2) is 10.8. The molecule has 0 saturated carbocycles. The third kappa shape index (κ3) is 9.62. The summed E-state index contributed by atoms with van der Waals surface area (Å²) in [6, 6.07) is 4.75. The molecule has 1 rings (SSSR count). The summed E-state index contributed by atoms with van der Waals surface area (Å²) in [5.74, 6) is 0.648. The van der Waals surface area contributed by atoms with Gasteiger partial charge in [-0.1, -0.05) is 6.07 Å². The van der Waals surface area contributed by atoms with E-state index in [0.29, 0.717) is 24.6 Å². The Hall–Kier alpha value is -2.78. The first-order valence-electron chi connectivity index (χ1n) is 9.42. The number of rotatable bonds is 8. The number of ether oxygens (including phenoxy) is 3. The van der Waals surface area contributed by atoms with Crippen molar-refractivity contribution in [3.8, 4) is 11.5 Å². The largest absolute Gasteiger partial charge is 0.493 e. The number of hydrogen-bond acceptors (Lipinski definition) is 5. The van der Waals surface area contributed by atoms with E-state index in [4.69, 9.17) is 9.47 Å². The molecule has 0 heterocycles. The van der Waals surface area contributed by atoms with Crippen LogP contribution in [-0.4, -0.2) is 50.5 Å². The van der Waals surface area contributed by atoms with Gasteiger partial charge < -0.3 is 30.2 Å². The number of hydrogen-bond donors (Lipinski definition) is 3. The lowest BCUT2D eigenvalue weighted by Gasteiger charge is -2.29. The van der Waals surface area contributed by atoms with Crippen LogP contribution >= 0.6 is 0 Å². The van der Waals surface area contributed by atoms with Gasteiger partial charge in [0.25, 0.3) is 0 Å². The Balaban J connectivity index is 2.64. The monoisotopic (exact) mass is 430 g/mol. The molecule has 170 valence electrons. The van der Waals surface area contributed by atoms with Crippen LogP contribution in [0.3, 0.4) is 0 Å². The highest BCUT2D eigenvalue weighted by Gasteiger charge is 2.24. The van der Waals surface area contributed by atoms with E-state index >= 15 is 0 Å². The lowest BCUT2D eigenvalue weighted by Crippen LogP contribution is -2.54. The van der Waals surface area contributed by atoms with Crippen LogP contribution in [0.4, 0.5) is 13.6 Å². The normalized spacial score (nSPS) is 12.4. The van der Waals surface area contributed by atoms with Gasteiger partial charge in [-0.05, 0) is 52.3 Å². The summed E-state index contributed by atoms with van der Waals surface area (Å²) >= 11 is 0. The Bertz CT molecular complexity index is 734. The molecule has 0 atom stereocenters. The van der Waals surface area contributed by atoms with E-state index in [0.717, 1.165) is 0 Å². The van der Waals surface area contributed by atoms with E-state index in [-0.39, 0.29) is 11.5 Å². The first kappa shape index (κ1) is 25.3. The summed E-state index contributed by atoms with van der Waals surface area (Å²) in [4.78, 5) is 16.1. The van der Waals surface area contributed by atoms with E-state index in [1.165, 1.54) is 13.2 Å². The topological polar surface area (TPSA) is 93.2 Å². The highest BCUT2D eigenvalue weighted by Crippen LogP contribution is 2.29. The lowest BCUT2D eigenvalue weighted by molar-refractivity contribution is -0.0512. The third-order valence-corrected chi connectivity index (χ3v) is 3.66. The quantitative estimate of drug-likeness (QED) is 0.433. The standard InChI is InChI=1S/C20H32F2N4O4/c1-19(2,3)30-18(27)26-20(4,5)12-25-17(23-6)24-11-13-8-9-14(28-7)15(10-13)29-16(21)22/h8-10,16H,11-12H2,1-7H3,(H,26,27)(H2,23,24,25).